The zero-order valence-electron chi connectivity index (χ0n) is 18.8. The van der Waals surface area contributed by atoms with Gasteiger partial charge in [-0.25, -0.2) is 9.35 Å². The molecule has 0 saturated heterocycles. The molecule has 0 amide bonds. The van der Waals surface area contributed by atoms with E-state index in [0.29, 0.717) is 16.7 Å². The third-order valence-electron chi connectivity index (χ3n) is 8.32. The van der Waals surface area contributed by atoms with E-state index in [-0.39, 0.29) is 0 Å². The van der Waals surface area contributed by atoms with Crippen molar-refractivity contribution in [3.8, 4) is 11.3 Å². The summed E-state index contributed by atoms with van der Waals surface area (Å²) in [6, 6.07) is 9.42. The largest absolute Gasteiger partial charge is 0.343 e. The fourth-order valence-electron chi connectivity index (χ4n) is 5.35. The minimum atomic E-state index is -1.45. The summed E-state index contributed by atoms with van der Waals surface area (Å²) in [6.45, 7) is 7.92. The van der Waals surface area contributed by atoms with Crippen LogP contribution in [0.2, 0.25) is 0 Å². The zero-order chi connectivity index (χ0) is 21.1. The molecule has 0 spiro atoms. The number of benzene rings is 1. The van der Waals surface area contributed by atoms with Crippen LogP contribution in [0.25, 0.3) is 11.3 Å². The molecule has 3 nitrogen and oxygen atoms in total. The number of nitrogens with two attached hydrogens (primary N) is 1. The Bertz CT molecular complexity index is 954. The van der Waals surface area contributed by atoms with Gasteiger partial charge in [0, 0.05) is 17.9 Å². The first-order chi connectivity index (χ1) is 14.3. The molecular weight excluding hydrogens is 388 g/mol. The van der Waals surface area contributed by atoms with Gasteiger partial charge >= 0.3 is 0 Å². The van der Waals surface area contributed by atoms with Crippen LogP contribution >= 0.6 is 0 Å². The topological polar surface area (TPSA) is 48.0 Å². The van der Waals surface area contributed by atoms with E-state index in [0.717, 1.165) is 17.1 Å². The van der Waals surface area contributed by atoms with Crippen molar-refractivity contribution in [3.63, 3.8) is 0 Å². The fourth-order valence-corrected chi connectivity index (χ4v) is 5.98. The van der Waals surface area contributed by atoms with Crippen LogP contribution in [0.15, 0.2) is 29.2 Å². The molecule has 162 valence electrons. The van der Waals surface area contributed by atoms with Crippen LogP contribution in [0.5, 0.6) is 0 Å². The Labute approximate surface area is 184 Å². The van der Waals surface area contributed by atoms with Crippen molar-refractivity contribution < 1.29 is 4.21 Å². The quantitative estimate of drug-likeness (QED) is 0.596. The highest BCUT2D eigenvalue weighted by Crippen LogP contribution is 2.53. The van der Waals surface area contributed by atoms with Gasteiger partial charge in [-0.3, -0.25) is 0 Å². The van der Waals surface area contributed by atoms with Crippen molar-refractivity contribution in [1.29, 1.82) is 0 Å². The molecule has 3 aliphatic rings. The van der Waals surface area contributed by atoms with Gasteiger partial charge in [-0.05, 0) is 97.1 Å². The van der Waals surface area contributed by atoms with Crippen LogP contribution in [-0.2, 0) is 28.4 Å². The summed E-state index contributed by atoms with van der Waals surface area (Å²) in [7, 11) is -1.45. The van der Waals surface area contributed by atoms with E-state index in [9.17, 15) is 4.21 Å². The van der Waals surface area contributed by atoms with Crippen molar-refractivity contribution in [1.82, 2.24) is 4.57 Å². The van der Waals surface area contributed by atoms with Crippen molar-refractivity contribution in [2.45, 2.75) is 101 Å². The van der Waals surface area contributed by atoms with Crippen molar-refractivity contribution in [2.24, 2.45) is 11.1 Å². The van der Waals surface area contributed by atoms with Gasteiger partial charge in [0.05, 0.1) is 4.90 Å². The lowest BCUT2D eigenvalue weighted by molar-refractivity contribution is 0.318. The second-order valence-electron chi connectivity index (χ2n) is 10.8. The standard InChI is InChI=1S/C26H36N2OS/c1-18-24(30(27)29)16-23(28(18)17-19-7-5-4-6-8-19)20-13-21(25(2)9-10-25)15-22(14-20)26(3)11-12-26/h13-16,19H,4-12,17,27H2,1-3H3. The predicted molar refractivity (Wildman–Crippen MR) is 125 cm³/mol. The lowest BCUT2D eigenvalue weighted by Crippen LogP contribution is -2.16. The molecule has 1 aromatic heterocycles. The minimum absolute atomic E-state index is 0.339. The van der Waals surface area contributed by atoms with E-state index >= 15 is 0 Å². The first-order valence-corrected chi connectivity index (χ1v) is 13.0. The highest BCUT2D eigenvalue weighted by molar-refractivity contribution is 7.82. The second kappa shape index (κ2) is 7.34. The maximum Gasteiger partial charge on any atom is 0.124 e. The Morgan fingerprint density at radius 2 is 1.53 bits per heavy atom. The fraction of sp³-hybridized carbons (Fsp3) is 0.615. The number of aromatic nitrogens is 1. The lowest BCUT2D eigenvalue weighted by Gasteiger charge is -2.25. The summed E-state index contributed by atoms with van der Waals surface area (Å²) in [5, 5.41) is 5.89. The molecule has 0 bridgehead atoms. The number of rotatable bonds is 6. The number of nitrogens with zero attached hydrogens (tertiary/aromatic N) is 1. The molecule has 3 fully saturated rings. The predicted octanol–water partition coefficient (Wildman–Crippen LogP) is 6.13. The first-order valence-electron chi connectivity index (χ1n) is 11.8. The highest BCUT2D eigenvalue weighted by atomic mass is 32.2. The molecule has 0 radical (unpaired) electrons. The van der Waals surface area contributed by atoms with Crippen LogP contribution < -0.4 is 5.14 Å². The third-order valence-corrected chi connectivity index (χ3v) is 9.17. The average molecular weight is 425 g/mol. The van der Waals surface area contributed by atoms with Gasteiger partial charge in [-0.1, -0.05) is 39.2 Å². The molecular formula is C26H36N2OS. The van der Waals surface area contributed by atoms with E-state index in [1.807, 2.05) is 0 Å². The first kappa shape index (κ1) is 20.5. The van der Waals surface area contributed by atoms with E-state index in [4.69, 9.17) is 5.14 Å². The molecule has 3 aliphatic carbocycles. The molecule has 1 unspecified atom stereocenters. The second-order valence-corrected chi connectivity index (χ2v) is 11.8. The molecule has 1 aromatic carbocycles. The molecule has 1 atom stereocenters. The molecule has 3 saturated carbocycles. The van der Waals surface area contributed by atoms with E-state index < -0.39 is 11.0 Å². The summed E-state index contributed by atoms with van der Waals surface area (Å²) < 4.78 is 14.7. The minimum Gasteiger partial charge on any atom is -0.343 e. The molecule has 1 heterocycles. The highest BCUT2D eigenvalue weighted by Gasteiger charge is 2.43. The van der Waals surface area contributed by atoms with Gasteiger partial charge in [-0.15, -0.1) is 0 Å². The Balaban J connectivity index is 1.62. The summed E-state index contributed by atoms with van der Waals surface area (Å²) in [6.07, 6.45) is 11.8. The van der Waals surface area contributed by atoms with Gasteiger partial charge in [0.1, 0.15) is 11.0 Å². The van der Waals surface area contributed by atoms with Gasteiger partial charge < -0.3 is 4.57 Å². The smallest absolute Gasteiger partial charge is 0.124 e. The Morgan fingerprint density at radius 3 is 2.03 bits per heavy atom. The van der Waals surface area contributed by atoms with Crippen LogP contribution in [0, 0.1) is 12.8 Å². The number of hydrogen-bond donors (Lipinski definition) is 1. The maximum atomic E-state index is 12.3. The molecule has 2 aromatic rings. The normalized spacial score (nSPS) is 23.3. The summed E-state index contributed by atoms with van der Waals surface area (Å²) in [5.41, 5.74) is 7.24. The van der Waals surface area contributed by atoms with Crippen LogP contribution in [0.4, 0.5) is 0 Å². The molecule has 30 heavy (non-hydrogen) atoms. The van der Waals surface area contributed by atoms with Crippen LogP contribution in [-0.4, -0.2) is 8.78 Å². The van der Waals surface area contributed by atoms with Gasteiger partial charge in [0.2, 0.25) is 0 Å². The number of hydrogen-bond acceptors (Lipinski definition) is 1. The van der Waals surface area contributed by atoms with Crippen molar-refractivity contribution in [2.75, 3.05) is 0 Å². The summed E-state index contributed by atoms with van der Waals surface area (Å²) >= 11 is 0. The third kappa shape index (κ3) is 3.71. The van der Waals surface area contributed by atoms with Gasteiger partial charge in [0.15, 0.2) is 0 Å². The van der Waals surface area contributed by atoms with Gasteiger partial charge in [-0.2, -0.15) is 0 Å². The molecule has 5 rings (SSSR count). The summed E-state index contributed by atoms with van der Waals surface area (Å²) in [5.74, 6) is 0.715. The van der Waals surface area contributed by atoms with E-state index in [1.54, 1.807) is 0 Å². The average Bonchev–Trinajstić information content (AvgIpc) is 3.64. The van der Waals surface area contributed by atoms with Gasteiger partial charge in [0.25, 0.3) is 0 Å². The molecule has 2 N–H and O–H groups in total. The van der Waals surface area contributed by atoms with Crippen molar-refractivity contribution in [3.05, 3.63) is 41.1 Å². The monoisotopic (exact) mass is 424 g/mol. The molecule has 0 aliphatic heterocycles. The SMILES string of the molecule is Cc1c(S(N)=O)cc(-c2cc(C3(C)CC3)cc(C3(C)CC3)c2)n1CC1CCCCC1. The van der Waals surface area contributed by atoms with Crippen LogP contribution in [0.3, 0.4) is 0 Å². The maximum absolute atomic E-state index is 12.3. The summed E-state index contributed by atoms with van der Waals surface area (Å²) in [4.78, 5) is 0.794. The zero-order valence-corrected chi connectivity index (χ0v) is 19.6. The van der Waals surface area contributed by atoms with Crippen molar-refractivity contribution >= 4 is 11.0 Å². The lowest BCUT2D eigenvalue weighted by atomic mass is 9.87. The Morgan fingerprint density at radius 1 is 0.967 bits per heavy atom. The molecule has 4 heteroatoms. The van der Waals surface area contributed by atoms with E-state index in [2.05, 4.69) is 49.6 Å². The Kier molecular flexibility index (Phi) is 5.02. The Hall–Kier alpha value is -1.39. The van der Waals surface area contributed by atoms with E-state index in [1.165, 1.54) is 80.2 Å². The van der Waals surface area contributed by atoms with Crippen LogP contribution in [0.1, 0.15) is 88.5 Å².